The predicted molar refractivity (Wildman–Crippen MR) is 85.1 cm³/mol. The number of carboxylic acids is 1. The number of halogens is 1. The van der Waals surface area contributed by atoms with Gasteiger partial charge in [0.1, 0.15) is 11.9 Å². The van der Waals surface area contributed by atoms with Crippen molar-refractivity contribution in [3.05, 3.63) is 35.8 Å². The summed E-state index contributed by atoms with van der Waals surface area (Å²) in [6.45, 7) is 0.645. The second-order valence-corrected chi connectivity index (χ2v) is 6.01. The zero-order chi connectivity index (χ0) is 17.1. The van der Waals surface area contributed by atoms with Crippen LogP contribution < -0.4 is 5.32 Å². The van der Waals surface area contributed by atoms with Crippen LogP contribution in [0.4, 0.5) is 4.39 Å². The largest absolute Gasteiger partial charge is 0.480 e. The standard InChI is InChI=1S/C17H19FN2O4/c18-11-3-4-13-10(9-19-14(13)7-11)6-15(17(22)23)20-16(21)8-12-2-1-5-24-12/h3-4,7,9,12,15,19H,1-2,5-6,8H2,(H,20,21)(H,22,23). The quantitative estimate of drug-likeness (QED) is 0.753. The molecule has 1 aliphatic heterocycles. The summed E-state index contributed by atoms with van der Waals surface area (Å²) in [5, 5.41) is 12.7. The third-order valence-corrected chi connectivity index (χ3v) is 4.22. The van der Waals surface area contributed by atoms with Crippen LogP contribution in [-0.4, -0.2) is 40.7 Å². The van der Waals surface area contributed by atoms with E-state index in [1.165, 1.54) is 12.1 Å². The molecule has 1 aromatic carbocycles. The number of amides is 1. The molecule has 7 heteroatoms. The number of carboxylic acid groups (broad SMARTS) is 1. The first-order chi connectivity index (χ1) is 11.5. The Balaban J connectivity index is 1.68. The smallest absolute Gasteiger partial charge is 0.326 e. The maximum absolute atomic E-state index is 13.2. The fourth-order valence-electron chi connectivity index (χ4n) is 3.01. The molecule has 0 bridgehead atoms. The lowest BCUT2D eigenvalue weighted by molar-refractivity contribution is -0.142. The van der Waals surface area contributed by atoms with Gasteiger partial charge in [0.05, 0.1) is 12.5 Å². The normalized spacial score (nSPS) is 18.6. The average molecular weight is 334 g/mol. The molecule has 2 heterocycles. The van der Waals surface area contributed by atoms with Crippen molar-refractivity contribution in [2.45, 2.75) is 37.8 Å². The number of carbonyl (C=O) groups excluding carboxylic acids is 1. The first kappa shape index (κ1) is 16.4. The summed E-state index contributed by atoms with van der Waals surface area (Å²) in [4.78, 5) is 26.4. The second-order valence-electron chi connectivity index (χ2n) is 6.01. The predicted octanol–water partition coefficient (Wildman–Crippen LogP) is 1.99. The number of ether oxygens (including phenoxy) is 1. The fourth-order valence-corrected chi connectivity index (χ4v) is 3.01. The number of aliphatic carboxylic acids is 1. The van der Waals surface area contributed by atoms with Gasteiger partial charge in [-0.05, 0) is 36.6 Å². The zero-order valence-corrected chi connectivity index (χ0v) is 13.0. The van der Waals surface area contributed by atoms with Crippen molar-refractivity contribution in [1.82, 2.24) is 10.3 Å². The first-order valence-corrected chi connectivity index (χ1v) is 7.92. The van der Waals surface area contributed by atoms with Gasteiger partial charge in [0, 0.05) is 30.1 Å². The molecule has 6 nitrogen and oxygen atoms in total. The lowest BCUT2D eigenvalue weighted by Crippen LogP contribution is -2.43. The number of nitrogens with one attached hydrogen (secondary N) is 2. The molecule has 2 unspecified atom stereocenters. The summed E-state index contributed by atoms with van der Waals surface area (Å²) in [5.41, 5.74) is 1.31. The third-order valence-electron chi connectivity index (χ3n) is 4.22. The minimum atomic E-state index is -1.10. The number of benzene rings is 1. The van der Waals surface area contributed by atoms with E-state index in [1.54, 1.807) is 12.3 Å². The second kappa shape index (κ2) is 7.00. The summed E-state index contributed by atoms with van der Waals surface area (Å²) in [6.07, 6.45) is 3.55. The van der Waals surface area contributed by atoms with Crippen LogP contribution in [-0.2, 0) is 20.7 Å². The summed E-state index contributed by atoms with van der Waals surface area (Å²) >= 11 is 0. The molecule has 1 aliphatic rings. The molecular weight excluding hydrogens is 315 g/mol. The van der Waals surface area contributed by atoms with Crippen molar-refractivity contribution < 1.29 is 23.8 Å². The molecule has 2 aromatic rings. The molecule has 3 N–H and O–H groups in total. The van der Waals surface area contributed by atoms with Crippen molar-refractivity contribution >= 4 is 22.8 Å². The lowest BCUT2D eigenvalue weighted by Gasteiger charge is -2.16. The molecule has 128 valence electrons. The van der Waals surface area contributed by atoms with Gasteiger partial charge in [0.15, 0.2) is 0 Å². The Morgan fingerprint density at radius 1 is 1.46 bits per heavy atom. The Hall–Kier alpha value is -2.41. The van der Waals surface area contributed by atoms with Crippen LogP contribution in [0.1, 0.15) is 24.8 Å². The molecular formula is C17H19FN2O4. The summed E-state index contributed by atoms with van der Waals surface area (Å²) < 4.78 is 18.6. The van der Waals surface area contributed by atoms with Gasteiger partial charge in [0.2, 0.25) is 5.91 Å². The van der Waals surface area contributed by atoms with Crippen LogP contribution in [0.5, 0.6) is 0 Å². The SMILES string of the molecule is O=C(CC1CCCO1)NC(Cc1c[nH]c2cc(F)ccc12)C(=O)O. The van der Waals surface area contributed by atoms with E-state index in [-0.39, 0.29) is 30.7 Å². The van der Waals surface area contributed by atoms with Gasteiger partial charge in [-0.15, -0.1) is 0 Å². The maximum Gasteiger partial charge on any atom is 0.326 e. The van der Waals surface area contributed by atoms with E-state index in [2.05, 4.69) is 10.3 Å². The van der Waals surface area contributed by atoms with Crippen molar-refractivity contribution in [2.75, 3.05) is 6.61 Å². The van der Waals surface area contributed by atoms with Crippen LogP contribution in [0, 0.1) is 5.82 Å². The van der Waals surface area contributed by atoms with Crippen LogP contribution in [0.25, 0.3) is 10.9 Å². The molecule has 0 saturated carbocycles. The summed E-state index contributed by atoms with van der Waals surface area (Å²) in [5.74, 6) is -1.80. The maximum atomic E-state index is 13.2. The Labute approximate surface area is 138 Å². The fraction of sp³-hybridized carbons (Fsp3) is 0.412. The number of hydrogen-bond donors (Lipinski definition) is 3. The average Bonchev–Trinajstić information content (AvgIpc) is 3.16. The monoisotopic (exact) mass is 334 g/mol. The van der Waals surface area contributed by atoms with Gasteiger partial charge in [0.25, 0.3) is 0 Å². The number of hydrogen-bond acceptors (Lipinski definition) is 3. The van der Waals surface area contributed by atoms with E-state index in [1.807, 2.05) is 0 Å². The Morgan fingerprint density at radius 3 is 3.00 bits per heavy atom. The topological polar surface area (TPSA) is 91.4 Å². The van der Waals surface area contributed by atoms with E-state index >= 15 is 0 Å². The van der Waals surface area contributed by atoms with Crippen molar-refractivity contribution in [1.29, 1.82) is 0 Å². The first-order valence-electron chi connectivity index (χ1n) is 7.92. The van der Waals surface area contributed by atoms with Crippen LogP contribution in [0.2, 0.25) is 0 Å². The third kappa shape index (κ3) is 3.73. The van der Waals surface area contributed by atoms with E-state index in [4.69, 9.17) is 4.74 Å². The highest BCUT2D eigenvalue weighted by Gasteiger charge is 2.25. The van der Waals surface area contributed by atoms with Gasteiger partial charge >= 0.3 is 5.97 Å². The van der Waals surface area contributed by atoms with Crippen molar-refractivity contribution in [3.63, 3.8) is 0 Å². The molecule has 1 amide bonds. The van der Waals surface area contributed by atoms with Gasteiger partial charge in [-0.1, -0.05) is 0 Å². The number of H-pyrrole nitrogens is 1. The summed E-state index contributed by atoms with van der Waals surface area (Å²) in [6, 6.07) is 3.24. The number of aromatic nitrogens is 1. The number of aromatic amines is 1. The molecule has 0 aliphatic carbocycles. The van der Waals surface area contributed by atoms with Gasteiger partial charge in [-0.3, -0.25) is 4.79 Å². The molecule has 1 fully saturated rings. The van der Waals surface area contributed by atoms with Crippen LogP contribution in [0.3, 0.4) is 0 Å². The highest BCUT2D eigenvalue weighted by molar-refractivity contribution is 5.86. The Kier molecular flexibility index (Phi) is 4.80. The summed E-state index contributed by atoms with van der Waals surface area (Å²) in [7, 11) is 0. The molecule has 24 heavy (non-hydrogen) atoms. The number of fused-ring (bicyclic) bond motifs is 1. The van der Waals surface area contributed by atoms with Crippen LogP contribution in [0.15, 0.2) is 24.4 Å². The van der Waals surface area contributed by atoms with Crippen molar-refractivity contribution in [3.8, 4) is 0 Å². The van der Waals surface area contributed by atoms with E-state index in [0.717, 1.165) is 23.8 Å². The van der Waals surface area contributed by atoms with Gasteiger partial charge in [-0.25, -0.2) is 9.18 Å². The van der Waals surface area contributed by atoms with E-state index in [9.17, 15) is 19.1 Å². The lowest BCUT2D eigenvalue weighted by atomic mass is 10.0. The molecule has 0 radical (unpaired) electrons. The molecule has 3 rings (SSSR count). The Morgan fingerprint density at radius 2 is 2.29 bits per heavy atom. The molecule has 1 aromatic heterocycles. The van der Waals surface area contributed by atoms with Gasteiger partial charge in [-0.2, -0.15) is 0 Å². The van der Waals surface area contributed by atoms with E-state index in [0.29, 0.717) is 12.1 Å². The number of carbonyl (C=O) groups is 2. The highest BCUT2D eigenvalue weighted by atomic mass is 19.1. The molecule has 1 saturated heterocycles. The van der Waals surface area contributed by atoms with Crippen LogP contribution >= 0.6 is 0 Å². The number of rotatable bonds is 6. The zero-order valence-electron chi connectivity index (χ0n) is 13.0. The van der Waals surface area contributed by atoms with Crippen molar-refractivity contribution in [2.24, 2.45) is 0 Å². The molecule has 0 spiro atoms. The molecule has 2 atom stereocenters. The minimum Gasteiger partial charge on any atom is -0.480 e. The highest BCUT2D eigenvalue weighted by Crippen LogP contribution is 2.21. The van der Waals surface area contributed by atoms with E-state index < -0.39 is 12.0 Å². The minimum absolute atomic E-state index is 0.123. The van der Waals surface area contributed by atoms with Gasteiger partial charge < -0.3 is 20.1 Å². The Bertz CT molecular complexity index is 752.